The van der Waals surface area contributed by atoms with Crippen LogP contribution in [0.2, 0.25) is 5.02 Å². The molecule has 7 heteroatoms. The fourth-order valence-electron chi connectivity index (χ4n) is 2.61. The highest BCUT2D eigenvalue weighted by molar-refractivity contribution is 6.30. The van der Waals surface area contributed by atoms with Gasteiger partial charge in [0.15, 0.2) is 5.69 Å². The van der Waals surface area contributed by atoms with E-state index >= 15 is 0 Å². The number of nitrogens with zero attached hydrogens (tertiary/aromatic N) is 3. The minimum absolute atomic E-state index is 0.240. The van der Waals surface area contributed by atoms with Crippen LogP contribution >= 0.6 is 11.6 Å². The third-order valence-electron chi connectivity index (χ3n) is 4.16. The minimum Gasteiger partial charge on any atom is -0.389 e. The maximum Gasteiger partial charge on any atom is 0.278 e. The number of aliphatic hydroxyl groups excluding tert-OH is 1. The molecule has 1 heterocycles. The monoisotopic (exact) mass is 370 g/mol. The first kappa shape index (κ1) is 18.1. The second kappa shape index (κ2) is 7.27. The summed E-state index contributed by atoms with van der Waals surface area (Å²) in [6, 6.07) is 12.5. The molecule has 0 spiro atoms. The van der Waals surface area contributed by atoms with Crippen LogP contribution in [0.15, 0.2) is 42.5 Å². The van der Waals surface area contributed by atoms with Crippen LogP contribution in [0.4, 0.5) is 5.69 Å². The van der Waals surface area contributed by atoms with Gasteiger partial charge in [0.2, 0.25) is 0 Å². The Hall–Kier alpha value is -2.70. The van der Waals surface area contributed by atoms with E-state index in [4.69, 9.17) is 11.6 Å². The Morgan fingerprint density at radius 3 is 2.54 bits per heavy atom. The van der Waals surface area contributed by atoms with Gasteiger partial charge in [0, 0.05) is 10.7 Å². The Labute approximate surface area is 156 Å². The van der Waals surface area contributed by atoms with Gasteiger partial charge in [-0.2, -0.15) is 0 Å². The number of nitrogens with one attached hydrogen (secondary N) is 1. The van der Waals surface area contributed by atoms with E-state index in [1.54, 1.807) is 54.9 Å². The number of anilines is 1. The summed E-state index contributed by atoms with van der Waals surface area (Å²) in [6.45, 7) is 5.41. The van der Waals surface area contributed by atoms with Crippen molar-refractivity contribution < 1.29 is 9.90 Å². The van der Waals surface area contributed by atoms with Crippen molar-refractivity contribution in [3.8, 4) is 5.69 Å². The topological polar surface area (TPSA) is 80.0 Å². The van der Waals surface area contributed by atoms with E-state index in [-0.39, 0.29) is 11.6 Å². The van der Waals surface area contributed by atoms with Gasteiger partial charge in [0.05, 0.1) is 17.5 Å². The van der Waals surface area contributed by atoms with Crippen LogP contribution in [-0.4, -0.2) is 26.0 Å². The standard InChI is InChI=1S/C19H19ClN4O2/c1-11-4-7-15(20)10-17(11)24-12(2)18(22-23-24)19(26)21-16-8-5-14(6-9-16)13(3)25/h4-10,13,25H,1-3H3,(H,21,26)/t13-/m0/s1. The fraction of sp³-hybridized carbons (Fsp3) is 0.211. The van der Waals surface area contributed by atoms with Gasteiger partial charge in [0.25, 0.3) is 5.91 Å². The van der Waals surface area contributed by atoms with E-state index in [1.807, 2.05) is 13.0 Å². The molecule has 0 aliphatic heterocycles. The summed E-state index contributed by atoms with van der Waals surface area (Å²) in [5, 5.41) is 21.1. The molecule has 1 atom stereocenters. The first-order chi connectivity index (χ1) is 12.4. The van der Waals surface area contributed by atoms with Gasteiger partial charge in [-0.05, 0) is 56.2 Å². The fourth-order valence-corrected chi connectivity index (χ4v) is 2.78. The predicted octanol–water partition coefficient (Wildman–Crippen LogP) is 3.84. The van der Waals surface area contributed by atoms with Crippen LogP contribution in [0.25, 0.3) is 5.69 Å². The zero-order valence-corrected chi connectivity index (χ0v) is 15.4. The Kier molecular flexibility index (Phi) is 5.06. The van der Waals surface area contributed by atoms with E-state index in [0.29, 0.717) is 16.4 Å². The number of carbonyl (C=O) groups excluding carboxylic acids is 1. The molecule has 0 saturated heterocycles. The van der Waals surface area contributed by atoms with Crippen LogP contribution in [0.3, 0.4) is 0 Å². The molecular weight excluding hydrogens is 352 g/mol. The smallest absolute Gasteiger partial charge is 0.278 e. The maximum atomic E-state index is 12.5. The zero-order chi connectivity index (χ0) is 18.8. The van der Waals surface area contributed by atoms with Crippen LogP contribution in [-0.2, 0) is 0 Å². The number of hydrogen-bond acceptors (Lipinski definition) is 4. The van der Waals surface area contributed by atoms with Gasteiger partial charge in [-0.25, -0.2) is 4.68 Å². The lowest BCUT2D eigenvalue weighted by Crippen LogP contribution is -2.14. The quantitative estimate of drug-likeness (QED) is 0.731. The predicted molar refractivity (Wildman–Crippen MR) is 101 cm³/mol. The molecule has 0 radical (unpaired) electrons. The third kappa shape index (κ3) is 3.61. The molecule has 26 heavy (non-hydrogen) atoms. The number of hydrogen-bond donors (Lipinski definition) is 2. The highest BCUT2D eigenvalue weighted by Gasteiger charge is 2.18. The minimum atomic E-state index is -0.553. The summed E-state index contributed by atoms with van der Waals surface area (Å²) in [5.74, 6) is -0.349. The number of aromatic nitrogens is 3. The second-order valence-corrected chi connectivity index (χ2v) is 6.55. The Morgan fingerprint density at radius 2 is 1.88 bits per heavy atom. The average molecular weight is 371 g/mol. The molecule has 2 aromatic carbocycles. The number of aryl methyl sites for hydroxylation is 1. The van der Waals surface area contributed by atoms with Crippen molar-refractivity contribution in [2.75, 3.05) is 5.32 Å². The normalized spacial score (nSPS) is 12.0. The summed E-state index contributed by atoms with van der Waals surface area (Å²) in [7, 11) is 0. The highest BCUT2D eigenvalue weighted by Crippen LogP contribution is 2.21. The first-order valence-corrected chi connectivity index (χ1v) is 8.53. The molecule has 1 aromatic heterocycles. The zero-order valence-electron chi connectivity index (χ0n) is 14.7. The van der Waals surface area contributed by atoms with Crippen molar-refractivity contribution in [3.63, 3.8) is 0 Å². The summed E-state index contributed by atoms with van der Waals surface area (Å²) < 4.78 is 1.60. The lowest BCUT2D eigenvalue weighted by molar-refractivity contribution is 0.102. The number of aliphatic hydroxyl groups is 1. The molecule has 0 bridgehead atoms. The van der Waals surface area contributed by atoms with E-state index in [2.05, 4.69) is 15.6 Å². The van der Waals surface area contributed by atoms with Gasteiger partial charge in [-0.15, -0.1) is 5.10 Å². The van der Waals surface area contributed by atoms with E-state index in [0.717, 1.165) is 16.8 Å². The Bertz CT molecular complexity index is 949. The van der Waals surface area contributed by atoms with Crippen molar-refractivity contribution in [3.05, 3.63) is 70.0 Å². The van der Waals surface area contributed by atoms with Gasteiger partial charge < -0.3 is 10.4 Å². The lowest BCUT2D eigenvalue weighted by atomic mass is 10.1. The van der Waals surface area contributed by atoms with Crippen LogP contribution in [0.5, 0.6) is 0 Å². The van der Waals surface area contributed by atoms with E-state index < -0.39 is 6.10 Å². The molecule has 0 aliphatic carbocycles. The molecule has 0 fully saturated rings. The number of carbonyl (C=O) groups is 1. The molecule has 3 rings (SSSR count). The van der Waals surface area contributed by atoms with Crippen LogP contribution < -0.4 is 5.32 Å². The molecule has 0 unspecified atom stereocenters. The van der Waals surface area contributed by atoms with Crippen LogP contribution in [0.1, 0.15) is 40.3 Å². The highest BCUT2D eigenvalue weighted by atomic mass is 35.5. The van der Waals surface area contributed by atoms with E-state index in [1.165, 1.54) is 0 Å². The summed E-state index contributed by atoms with van der Waals surface area (Å²) in [6.07, 6.45) is -0.553. The van der Waals surface area contributed by atoms with Gasteiger partial charge >= 0.3 is 0 Å². The van der Waals surface area contributed by atoms with Crippen molar-refractivity contribution in [1.29, 1.82) is 0 Å². The summed E-state index contributed by atoms with van der Waals surface area (Å²) in [4.78, 5) is 12.5. The van der Waals surface area contributed by atoms with Crippen molar-refractivity contribution >= 4 is 23.2 Å². The Balaban J connectivity index is 1.85. The van der Waals surface area contributed by atoms with Crippen molar-refractivity contribution in [1.82, 2.24) is 15.0 Å². The number of benzene rings is 2. The van der Waals surface area contributed by atoms with E-state index in [9.17, 15) is 9.90 Å². The molecule has 3 aromatic rings. The Morgan fingerprint density at radius 1 is 1.19 bits per heavy atom. The molecule has 0 aliphatic rings. The first-order valence-electron chi connectivity index (χ1n) is 8.15. The molecule has 134 valence electrons. The number of amides is 1. The molecule has 2 N–H and O–H groups in total. The molecular formula is C19H19ClN4O2. The van der Waals surface area contributed by atoms with Crippen molar-refractivity contribution in [2.45, 2.75) is 26.9 Å². The molecule has 6 nitrogen and oxygen atoms in total. The summed E-state index contributed by atoms with van der Waals surface area (Å²) in [5.41, 5.74) is 4.01. The largest absolute Gasteiger partial charge is 0.389 e. The number of halogens is 1. The van der Waals surface area contributed by atoms with Crippen molar-refractivity contribution in [2.24, 2.45) is 0 Å². The molecule has 1 amide bonds. The number of rotatable bonds is 4. The van der Waals surface area contributed by atoms with Crippen LogP contribution in [0, 0.1) is 13.8 Å². The van der Waals surface area contributed by atoms with Gasteiger partial charge in [-0.1, -0.05) is 35.0 Å². The lowest BCUT2D eigenvalue weighted by Gasteiger charge is -2.09. The second-order valence-electron chi connectivity index (χ2n) is 6.12. The SMILES string of the molecule is Cc1ccc(Cl)cc1-n1nnc(C(=O)Nc2ccc([C@H](C)O)cc2)c1C. The average Bonchev–Trinajstić information content (AvgIpc) is 2.99. The van der Waals surface area contributed by atoms with Gasteiger partial charge in [0.1, 0.15) is 0 Å². The molecule has 0 saturated carbocycles. The third-order valence-corrected chi connectivity index (χ3v) is 4.40. The van der Waals surface area contributed by atoms with Gasteiger partial charge in [-0.3, -0.25) is 4.79 Å². The summed E-state index contributed by atoms with van der Waals surface area (Å²) >= 11 is 6.07. The maximum absolute atomic E-state index is 12.5.